The molecule has 0 aliphatic rings. The molecule has 0 aliphatic carbocycles. The summed E-state index contributed by atoms with van der Waals surface area (Å²) in [6.45, 7) is -0.0355. The Bertz CT molecular complexity index is 459. The average molecular weight is 295 g/mol. The minimum atomic E-state index is -4.23. The molecule has 1 aromatic carbocycles. The summed E-state index contributed by atoms with van der Waals surface area (Å²) >= 11 is 0. The van der Waals surface area contributed by atoms with Gasteiger partial charge >= 0.3 is 15.2 Å². The van der Waals surface area contributed by atoms with Crippen molar-refractivity contribution < 1.29 is 28.3 Å². The molecule has 0 saturated carbocycles. The van der Waals surface area contributed by atoms with E-state index in [0.29, 0.717) is 0 Å². The van der Waals surface area contributed by atoms with Gasteiger partial charge in [-0.1, -0.05) is 30.3 Å². The third-order valence-corrected chi connectivity index (χ3v) is 3.70. The molecule has 1 aromatic rings. The Kier molecular flexibility index (Phi) is 5.69. The molecule has 0 aliphatic heterocycles. The molecule has 4 N–H and O–H groups in total. The Morgan fingerprint density at radius 2 is 1.67 bits per heavy atom. The highest BCUT2D eigenvalue weighted by Crippen LogP contribution is 2.42. The van der Waals surface area contributed by atoms with Crippen molar-refractivity contribution in [2.24, 2.45) is 0 Å². The first-order chi connectivity index (χ1) is 8.29. The van der Waals surface area contributed by atoms with E-state index < -0.39 is 27.8 Å². The van der Waals surface area contributed by atoms with Gasteiger partial charge in [0, 0.05) is 0 Å². The van der Waals surface area contributed by atoms with E-state index >= 15 is 0 Å². The Labute approximate surface area is 104 Å². The lowest BCUT2D eigenvalue weighted by Crippen LogP contribution is -2.17. The minimum Gasteiger partial charge on any atom is -0.324 e. The molecule has 0 radical (unpaired) electrons. The number of benzene rings is 1. The zero-order valence-corrected chi connectivity index (χ0v) is 11.3. The van der Waals surface area contributed by atoms with Crippen LogP contribution in [-0.2, 0) is 20.3 Å². The first-order valence-electron chi connectivity index (χ1n) is 5.04. The molecule has 0 heterocycles. The average Bonchev–Trinajstić information content (AvgIpc) is 2.26. The third kappa shape index (κ3) is 7.03. The van der Waals surface area contributed by atoms with E-state index in [1.165, 1.54) is 0 Å². The first kappa shape index (κ1) is 15.5. The van der Waals surface area contributed by atoms with E-state index in [2.05, 4.69) is 5.32 Å². The van der Waals surface area contributed by atoms with Gasteiger partial charge in [-0.25, -0.2) is 0 Å². The van der Waals surface area contributed by atoms with Crippen molar-refractivity contribution in [1.29, 1.82) is 0 Å². The van der Waals surface area contributed by atoms with Crippen LogP contribution < -0.4 is 5.32 Å². The second-order valence-electron chi connectivity index (χ2n) is 3.63. The van der Waals surface area contributed by atoms with Crippen molar-refractivity contribution in [2.45, 2.75) is 6.61 Å². The van der Waals surface area contributed by atoms with Crippen LogP contribution in [-0.4, -0.2) is 27.3 Å². The Balaban J connectivity index is 2.36. The van der Waals surface area contributed by atoms with Gasteiger partial charge in [0.25, 0.3) is 0 Å². The van der Waals surface area contributed by atoms with E-state index in [-0.39, 0.29) is 6.61 Å². The van der Waals surface area contributed by atoms with Crippen molar-refractivity contribution in [3.05, 3.63) is 35.9 Å². The summed E-state index contributed by atoms with van der Waals surface area (Å²) in [5, 5.41) is 2.20. The van der Waals surface area contributed by atoms with Crippen molar-refractivity contribution in [3.63, 3.8) is 0 Å². The second kappa shape index (κ2) is 6.59. The molecule has 1 unspecified atom stereocenters. The highest BCUT2D eigenvalue weighted by molar-refractivity contribution is 7.53. The quantitative estimate of drug-likeness (QED) is 0.556. The van der Waals surface area contributed by atoms with Crippen LogP contribution in [0.15, 0.2) is 30.3 Å². The second-order valence-corrected chi connectivity index (χ2v) is 7.12. The molecule has 0 bridgehead atoms. The van der Waals surface area contributed by atoms with Gasteiger partial charge in [-0.15, -0.1) is 0 Å². The van der Waals surface area contributed by atoms with Crippen molar-refractivity contribution in [3.8, 4) is 0 Å². The molecule has 0 spiro atoms. The predicted octanol–water partition coefficient (Wildman–Crippen LogP) is 1.07. The molecule has 1 atom stereocenters. The van der Waals surface area contributed by atoms with Crippen LogP contribution in [0.25, 0.3) is 0 Å². The van der Waals surface area contributed by atoms with Crippen LogP contribution in [0.5, 0.6) is 0 Å². The Morgan fingerprint density at radius 3 is 2.22 bits per heavy atom. The fraction of sp³-hybridized carbons (Fsp3) is 0.333. The molecule has 0 fully saturated rings. The lowest BCUT2D eigenvalue weighted by molar-refractivity contribution is 0.248. The molecule has 9 heteroatoms. The lowest BCUT2D eigenvalue weighted by atomic mass is 10.2. The molecular weight excluding hydrogens is 280 g/mol. The molecule has 7 nitrogen and oxygen atoms in total. The maximum atomic E-state index is 11.5. The standard InChI is InChI=1S/C9H15NO6P2/c11-17(12,13)7-10-8-18(14,15)16-6-9-4-2-1-3-5-9/h1-5,10H,6-8H2,(H,14,15)(H2,11,12,13). The zero-order chi connectivity index (χ0) is 13.6. The minimum absolute atomic E-state index is 0.0355. The summed E-state index contributed by atoms with van der Waals surface area (Å²) in [6, 6.07) is 8.83. The van der Waals surface area contributed by atoms with E-state index in [9.17, 15) is 14.0 Å². The summed E-state index contributed by atoms with van der Waals surface area (Å²) < 4.78 is 26.8. The predicted molar refractivity (Wildman–Crippen MR) is 66.0 cm³/mol. The van der Waals surface area contributed by atoms with Gasteiger partial charge in [0.1, 0.15) is 0 Å². The summed E-state index contributed by atoms with van der Waals surface area (Å²) in [5.41, 5.74) is 0.738. The van der Waals surface area contributed by atoms with E-state index in [0.717, 1.165) is 5.56 Å². The van der Waals surface area contributed by atoms with E-state index in [1.54, 1.807) is 24.3 Å². The van der Waals surface area contributed by atoms with Crippen LogP contribution in [0.1, 0.15) is 5.56 Å². The van der Waals surface area contributed by atoms with Crippen LogP contribution in [0.3, 0.4) is 0 Å². The summed E-state index contributed by atoms with van der Waals surface area (Å²) in [5.74, 6) is 0. The molecule has 0 aromatic heterocycles. The van der Waals surface area contributed by atoms with Crippen LogP contribution in [0.4, 0.5) is 0 Å². The SMILES string of the molecule is O=P(O)(O)CNCP(=O)(O)OCc1ccccc1. The molecule has 0 amide bonds. The first-order valence-corrected chi connectivity index (χ1v) is 8.60. The van der Waals surface area contributed by atoms with Gasteiger partial charge < -0.3 is 19.2 Å². The van der Waals surface area contributed by atoms with Gasteiger partial charge in [0.15, 0.2) is 0 Å². The number of hydrogen-bond acceptors (Lipinski definition) is 4. The van der Waals surface area contributed by atoms with Crippen molar-refractivity contribution >= 4 is 15.2 Å². The molecule has 102 valence electrons. The lowest BCUT2D eigenvalue weighted by Gasteiger charge is -2.13. The molecular formula is C9H15NO6P2. The molecule has 1 rings (SSSR count). The largest absolute Gasteiger partial charge is 0.342 e. The molecule has 0 saturated heterocycles. The number of rotatable bonds is 7. The fourth-order valence-electron chi connectivity index (χ4n) is 1.13. The Hall–Kier alpha value is -0.520. The Morgan fingerprint density at radius 1 is 1.06 bits per heavy atom. The normalized spacial score (nSPS) is 15.3. The smallest absolute Gasteiger partial charge is 0.324 e. The van der Waals surface area contributed by atoms with E-state index in [1.807, 2.05) is 6.07 Å². The molecule has 18 heavy (non-hydrogen) atoms. The highest BCUT2D eigenvalue weighted by Gasteiger charge is 2.21. The summed E-state index contributed by atoms with van der Waals surface area (Å²) in [6.07, 6.45) is -1.17. The number of nitrogens with one attached hydrogen (secondary N) is 1. The van der Waals surface area contributed by atoms with E-state index in [4.69, 9.17) is 14.3 Å². The van der Waals surface area contributed by atoms with Crippen LogP contribution in [0.2, 0.25) is 0 Å². The highest BCUT2D eigenvalue weighted by atomic mass is 31.2. The summed E-state index contributed by atoms with van der Waals surface area (Å²) in [7, 11) is -8.13. The van der Waals surface area contributed by atoms with Gasteiger partial charge in [-0.2, -0.15) is 0 Å². The number of hydrogen-bond donors (Lipinski definition) is 4. The maximum absolute atomic E-state index is 11.5. The van der Waals surface area contributed by atoms with Crippen molar-refractivity contribution in [1.82, 2.24) is 5.32 Å². The van der Waals surface area contributed by atoms with Gasteiger partial charge in [-0.3, -0.25) is 14.4 Å². The van der Waals surface area contributed by atoms with Crippen LogP contribution >= 0.6 is 15.2 Å². The van der Waals surface area contributed by atoms with Crippen LogP contribution in [0, 0.1) is 0 Å². The monoisotopic (exact) mass is 295 g/mol. The van der Waals surface area contributed by atoms with Gasteiger partial charge in [-0.05, 0) is 5.56 Å². The zero-order valence-electron chi connectivity index (χ0n) is 9.47. The maximum Gasteiger partial charge on any atom is 0.342 e. The summed E-state index contributed by atoms with van der Waals surface area (Å²) in [4.78, 5) is 26.5. The topological polar surface area (TPSA) is 116 Å². The third-order valence-electron chi connectivity index (χ3n) is 1.91. The van der Waals surface area contributed by atoms with Gasteiger partial charge in [0.05, 0.1) is 19.2 Å². The van der Waals surface area contributed by atoms with Gasteiger partial charge in [0.2, 0.25) is 0 Å². The fourth-order valence-corrected chi connectivity index (χ4v) is 2.55. The van der Waals surface area contributed by atoms with Crippen molar-refractivity contribution in [2.75, 3.05) is 12.6 Å².